The predicted octanol–water partition coefficient (Wildman–Crippen LogP) is 11.2. The number of benzene rings is 1. The van der Waals surface area contributed by atoms with E-state index in [2.05, 4.69) is 41.5 Å². The zero-order valence-electron chi connectivity index (χ0n) is 51.1. The van der Waals surface area contributed by atoms with Crippen LogP contribution >= 0.6 is 11.6 Å². The molecule has 11 atom stereocenters. The first-order valence-corrected chi connectivity index (χ1v) is 32.6. The van der Waals surface area contributed by atoms with Crippen molar-refractivity contribution < 1.29 is 80.9 Å². The lowest BCUT2D eigenvalue weighted by atomic mass is 9.72. The van der Waals surface area contributed by atoms with Crippen molar-refractivity contribution in [3.8, 4) is 0 Å². The van der Waals surface area contributed by atoms with Gasteiger partial charge in [0, 0.05) is 42.1 Å². The molecule has 1 spiro atoms. The Balaban J connectivity index is 1.66. The van der Waals surface area contributed by atoms with Crippen LogP contribution in [0.2, 0.25) is 18.1 Å². The van der Waals surface area contributed by atoms with Gasteiger partial charge < -0.3 is 52.2 Å². The average Bonchev–Trinajstić information content (AvgIpc) is 3.44. The second-order valence-corrected chi connectivity index (χ2v) is 30.6. The Morgan fingerprint density at radius 1 is 0.901 bits per heavy atom. The monoisotopic (exact) mass is 1180 g/mol. The lowest BCUT2D eigenvalue weighted by Crippen LogP contribution is -2.62. The van der Waals surface area contributed by atoms with Crippen molar-refractivity contribution in [2.75, 3.05) is 26.2 Å². The molecule has 1 aromatic rings. The third-order valence-electron chi connectivity index (χ3n) is 16.7. The van der Waals surface area contributed by atoms with E-state index in [9.17, 15) is 33.9 Å². The zero-order valence-corrected chi connectivity index (χ0v) is 52.9. The minimum absolute atomic E-state index is 0.0587. The van der Waals surface area contributed by atoms with Gasteiger partial charge >= 0.3 is 29.8 Å². The second kappa shape index (κ2) is 30.7. The Hall–Kier alpha value is -4.01. The maximum absolute atomic E-state index is 14.7. The van der Waals surface area contributed by atoms with E-state index in [1.807, 2.05) is 57.3 Å². The number of allylic oxidation sites excluding steroid dienone is 1. The summed E-state index contributed by atoms with van der Waals surface area (Å²) in [6.45, 7) is 27.8. The summed E-state index contributed by atoms with van der Waals surface area (Å²) in [6, 6.07) is 9.41. The Labute approximate surface area is 488 Å². The zero-order chi connectivity index (χ0) is 60.6. The lowest BCUT2D eigenvalue weighted by molar-refractivity contribution is -0.339. The predicted molar refractivity (Wildman–Crippen MR) is 309 cm³/mol. The molecule has 2 heterocycles. The summed E-state index contributed by atoms with van der Waals surface area (Å²) in [4.78, 5) is 79.1. The second-order valence-electron chi connectivity index (χ2n) is 25.6. The number of aldehydes is 1. The van der Waals surface area contributed by atoms with E-state index in [1.165, 1.54) is 19.3 Å². The molecule has 0 bridgehead atoms. The molecule has 2 saturated heterocycles. The molecule has 1 aromatic carbocycles. The summed E-state index contributed by atoms with van der Waals surface area (Å²) < 4.78 is 62.4. The largest absolute Gasteiger partial charge is 0.466 e. The van der Waals surface area contributed by atoms with Gasteiger partial charge in [0.2, 0.25) is 5.79 Å². The van der Waals surface area contributed by atoms with Crippen molar-refractivity contribution in [3.63, 3.8) is 0 Å². The fraction of sp³-hybridized carbons (Fsp3) is 0.742. The first-order chi connectivity index (χ1) is 37.8. The number of hydrogen-bond donors (Lipinski definition) is 1. The molecule has 3 aliphatic rings. The molecule has 81 heavy (non-hydrogen) atoms. The first kappa shape index (κ1) is 69.5. The molecule has 0 radical (unpaired) electrons. The standard InChI is InChI=1S/C62H97ClO17Si/c1-16-52(65)77-57-45(33-53(66)71-13)32-47(79-62(57,70)60(11,12)29-21-30-64)34-50(43(5)72-39-44-22-18-17-19-23-44)75-54(67)35-48(80-81(14,15)58(6,7)8)36-55(68)76-51(59(9,10)40-73-56(69)38-63)25-20-24-46-28-31-74-61(78-46)37-42(4)26-27-49(61)41(2)3/h17-19,21-23,29-30,33,41-43,46-51,57,70H,16,20,24-28,31-32,34-40H2,1-15H3/b29-21+,45-33+/t42-,43+,46-,47+,48+,49+,50-,51+,57+,61?,62-/m1/s1. The fourth-order valence-electron chi connectivity index (χ4n) is 10.8. The van der Waals surface area contributed by atoms with Crippen molar-refractivity contribution in [1.29, 1.82) is 0 Å². The van der Waals surface area contributed by atoms with Gasteiger partial charge in [0.1, 0.15) is 24.4 Å². The van der Waals surface area contributed by atoms with Crippen molar-refractivity contribution in [3.05, 3.63) is 59.7 Å². The number of ether oxygens (including phenoxy) is 9. The van der Waals surface area contributed by atoms with Gasteiger partial charge in [-0.25, -0.2) is 4.79 Å². The first-order valence-electron chi connectivity index (χ1n) is 29.1. The van der Waals surface area contributed by atoms with Crippen LogP contribution in [0.3, 0.4) is 0 Å². The topological polar surface area (TPSA) is 215 Å². The smallest absolute Gasteiger partial charge is 0.330 e. The van der Waals surface area contributed by atoms with Gasteiger partial charge in [0.15, 0.2) is 20.2 Å². The minimum Gasteiger partial charge on any atom is -0.466 e. The number of aliphatic hydroxyl groups is 1. The molecule has 0 amide bonds. The number of methoxy groups -OCH3 is 1. The molecule has 1 unspecified atom stereocenters. The van der Waals surface area contributed by atoms with Crippen molar-refractivity contribution in [2.24, 2.45) is 28.6 Å². The third kappa shape index (κ3) is 20.1. The van der Waals surface area contributed by atoms with E-state index < -0.39 is 97.2 Å². The van der Waals surface area contributed by atoms with E-state index in [-0.39, 0.29) is 73.8 Å². The summed E-state index contributed by atoms with van der Waals surface area (Å²) in [6.07, 6.45) is 2.63. The van der Waals surface area contributed by atoms with Gasteiger partial charge in [0.05, 0.1) is 64.2 Å². The normalized spacial score (nSPS) is 25.9. The average molecular weight is 1180 g/mol. The van der Waals surface area contributed by atoms with Crippen LogP contribution in [0.1, 0.15) is 166 Å². The number of carbonyl (C=O) groups is 6. The van der Waals surface area contributed by atoms with Crippen LogP contribution in [0.5, 0.6) is 0 Å². The van der Waals surface area contributed by atoms with Gasteiger partial charge in [-0.1, -0.05) is 119 Å². The molecule has 17 nitrogen and oxygen atoms in total. The highest BCUT2D eigenvalue weighted by Gasteiger charge is 2.58. The molecule has 1 N–H and O–H groups in total. The van der Waals surface area contributed by atoms with Crippen LogP contribution in [-0.2, 0) is 82.4 Å². The Bertz CT molecular complexity index is 2280. The molecule has 1 saturated carbocycles. The summed E-state index contributed by atoms with van der Waals surface area (Å²) >= 11 is 5.83. The Morgan fingerprint density at radius 3 is 2.17 bits per heavy atom. The highest BCUT2D eigenvalue weighted by Crippen LogP contribution is 2.49. The highest BCUT2D eigenvalue weighted by atomic mass is 35.5. The van der Waals surface area contributed by atoms with E-state index in [0.29, 0.717) is 44.0 Å². The Morgan fingerprint density at radius 2 is 1.57 bits per heavy atom. The van der Waals surface area contributed by atoms with Crippen molar-refractivity contribution >= 4 is 56.1 Å². The number of esters is 5. The van der Waals surface area contributed by atoms with E-state index in [4.69, 9.17) is 58.7 Å². The van der Waals surface area contributed by atoms with Crippen LogP contribution < -0.4 is 0 Å². The van der Waals surface area contributed by atoms with Gasteiger partial charge in [-0.05, 0) is 92.6 Å². The van der Waals surface area contributed by atoms with E-state index in [1.54, 1.807) is 27.7 Å². The van der Waals surface area contributed by atoms with E-state index >= 15 is 0 Å². The lowest BCUT2D eigenvalue weighted by Gasteiger charge is -2.51. The van der Waals surface area contributed by atoms with Gasteiger partial charge in [-0.3, -0.25) is 24.0 Å². The van der Waals surface area contributed by atoms with Crippen molar-refractivity contribution in [2.45, 2.75) is 239 Å². The van der Waals surface area contributed by atoms with Gasteiger partial charge in [-0.15, -0.1) is 11.6 Å². The molecular weight excluding hydrogens is 1080 g/mol. The summed E-state index contributed by atoms with van der Waals surface area (Å²) in [5.41, 5.74) is -1.27. The summed E-state index contributed by atoms with van der Waals surface area (Å²) in [7, 11) is -1.52. The molecule has 0 aromatic heterocycles. The van der Waals surface area contributed by atoms with Crippen LogP contribution in [0, 0.1) is 28.6 Å². The number of halogens is 1. The van der Waals surface area contributed by atoms with Gasteiger partial charge in [-0.2, -0.15) is 0 Å². The number of carbonyl (C=O) groups excluding carboxylic acids is 6. The van der Waals surface area contributed by atoms with Crippen LogP contribution in [-0.4, -0.2) is 130 Å². The van der Waals surface area contributed by atoms with Crippen LogP contribution in [0.15, 0.2) is 54.1 Å². The summed E-state index contributed by atoms with van der Waals surface area (Å²) in [5, 5.41) is 12.4. The van der Waals surface area contributed by atoms with E-state index in [0.717, 1.165) is 37.3 Å². The van der Waals surface area contributed by atoms with Crippen LogP contribution in [0.4, 0.5) is 0 Å². The Kier molecular flexibility index (Phi) is 26.3. The van der Waals surface area contributed by atoms with Crippen LogP contribution in [0.25, 0.3) is 0 Å². The molecule has 3 fully saturated rings. The third-order valence-corrected chi connectivity index (χ3v) is 21.5. The molecule has 19 heteroatoms. The minimum atomic E-state index is -2.71. The maximum Gasteiger partial charge on any atom is 0.330 e. The molecule has 1 aliphatic carbocycles. The highest BCUT2D eigenvalue weighted by molar-refractivity contribution is 6.74. The molecule has 2 aliphatic heterocycles. The fourth-order valence-corrected chi connectivity index (χ4v) is 12.2. The number of alkyl halides is 1. The molecule has 4 rings (SSSR count). The molecular formula is C62H97ClO17Si. The number of hydrogen-bond acceptors (Lipinski definition) is 17. The SMILES string of the molecule is CCC(=O)O[C@H]1/C(=C/C(=O)OC)C[C@@H](C[C@@H](OC(=O)C[C@@H](CC(=O)O[C@@H](CCC[C@@H]2CCOC3(C[C@H](C)CC[C@H]3C(C)C)O2)C(C)(C)COC(=O)CCl)O[Si](C)(C)C(C)(C)C)[C@H](C)OCc2ccccc2)O[C@@]1(O)C(C)(C)/C=C/C=O. The molecule has 458 valence electrons. The quantitative estimate of drug-likeness (QED) is 0.0197. The van der Waals surface area contributed by atoms with Crippen molar-refractivity contribution in [1.82, 2.24) is 0 Å². The van der Waals surface area contributed by atoms with Gasteiger partial charge in [0.25, 0.3) is 0 Å². The number of rotatable bonds is 29. The summed E-state index contributed by atoms with van der Waals surface area (Å²) in [5.74, 6) is -5.60. The maximum atomic E-state index is 14.7.